The average Bonchev–Trinajstić information content (AvgIpc) is 2.46. The van der Waals surface area contributed by atoms with Crippen molar-refractivity contribution >= 4 is 0 Å². The molecule has 0 bridgehead atoms. The molecule has 0 aromatic rings. The summed E-state index contributed by atoms with van der Waals surface area (Å²) >= 11 is 0. The minimum Gasteiger partial charge on any atom is -0.0988 e. The molecule has 0 amide bonds. The molecule has 0 N–H and O–H groups in total. The summed E-state index contributed by atoms with van der Waals surface area (Å²) in [7, 11) is 0. The van der Waals surface area contributed by atoms with E-state index < -0.39 is 0 Å². The van der Waals surface area contributed by atoms with E-state index in [9.17, 15) is 0 Å². The van der Waals surface area contributed by atoms with Crippen LogP contribution in [0.3, 0.4) is 0 Å². The molecule has 0 aliphatic rings. The lowest BCUT2D eigenvalue weighted by Gasteiger charge is -2.23. The van der Waals surface area contributed by atoms with Crippen LogP contribution in [0.1, 0.15) is 75.7 Å². The standard InChI is InChI=1S/C12H20.3C2H6/c1-6-9-10-11(7-2)12(4,5)8-3;3*1-2/h6-7,9-10H,2,8H2,1,3-5H3;3*1-2H3/b9-6-,11-10+;;;. The van der Waals surface area contributed by atoms with Gasteiger partial charge in [0.15, 0.2) is 0 Å². The van der Waals surface area contributed by atoms with Crippen LogP contribution < -0.4 is 0 Å². The Bertz CT molecular complexity index is 192. The van der Waals surface area contributed by atoms with Gasteiger partial charge in [0.1, 0.15) is 0 Å². The van der Waals surface area contributed by atoms with Gasteiger partial charge in [0.2, 0.25) is 0 Å². The van der Waals surface area contributed by atoms with E-state index >= 15 is 0 Å². The molecule has 0 rings (SSSR count). The highest BCUT2D eigenvalue weighted by atomic mass is 14.2. The molecule has 0 radical (unpaired) electrons. The zero-order valence-corrected chi connectivity index (χ0v) is 14.7. The highest BCUT2D eigenvalue weighted by molar-refractivity contribution is 5.27. The number of hydrogen-bond acceptors (Lipinski definition) is 0. The summed E-state index contributed by atoms with van der Waals surface area (Å²) in [6.07, 6.45) is 9.33. The fourth-order valence-corrected chi connectivity index (χ4v) is 0.974. The SMILES string of the molecule is C=C/C(=C\C=C/C)C(C)(C)CC.CC.CC.CC. The average molecular weight is 255 g/mol. The second-order valence-corrected chi connectivity index (χ2v) is 3.59. The van der Waals surface area contributed by atoms with Gasteiger partial charge in [0.05, 0.1) is 0 Å². The molecule has 0 atom stereocenters. The van der Waals surface area contributed by atoms with Gasteiger partial charge in [0, 0.05) is 0 Å². The van der Waals surface area contributed by atoms with E-state index in [1.165, 1.54) is 5.57 Å². The third-order valence-corrected chi connectivity index (χ3v) is 2.35. The van der Waals surface area contributed by atoms with E-state index in [0.717, 1.165) is 6.42 Å². The summed E-state index contributed by atoms with van der Waals surface area (Å²) in [5.74, 6) is 0. The van der Waals surface area contributed by atoms with Gasteiger partial charge in [-0.3, -0.25) is 0 Å². The summed E-state index contributed by atoms with van der Waals surface area (Å²) in [6, 6.07) is 0. The Balaban J connectivity index is -0.000000141. The Hall–Kier alpha value is -0.780. The molecule has 0 saturated heterocycles. The largest absolute Gasteiger partial charge is 0.0988 e. The van der Waals surface area contributed by atoms with Crippen LogP contribution in [0.4, 0.5) is 0 Å². The lowest BCUT2D eigenvalue weighted by atomic mass is 9.81. The van der Waals surface area contributed by atoms with Crippen molar-refractivity contribution < 1.29 is 0 Å². The van der Waals surface area contributed by atoms with E-state index in [2.05, 4.69) is 39.5 Å². The van der Waals surface area contributed by atoms with Crippen LogP contribution >= 0.6 is 0 Å². The highest BCUT2D eigenvalue weighted by Crippen LogP contribution is 2.30. The number of rotatable bonds is 4. The summed E-state index contributed by atoms with van der Waals surface area (Å²) in [4.78, 5) is 0. The highest BCUT2D eigenvalue weighted by Gasteiger charge is 2.17. The predicted octanol–water partition coefficient (Wildman–Crippen LogP) is 7.19. The zero-order chi connectivity index (χ0) is 15.6. The van der Waals surface area contributed by atoms with Gasteiger partial charge in [-0.1, -0.05) is 93.2 Å². The van der Waals surface area contributed by atoms with Crippen LogP contribution in [0.25, 0.3) is 0 Å². The summed E-state index contributed by atoms with van der Waals surface area (Å²) in [5, 5.41) is 0. The maximum Gasteiger partial charge on any atom is -0.0106 e. The van der Waals surface area contributed by atoms with Gasteiger partial charge < -0.3 is 0 Å². The summed E-state index contributed by atoms with van der Waals surface area (Å²) in [6.45, 7) is 24.5. The molecule has 0 heterocycles. The quantitative estimate of drug-likeness (QED) is 0.466. The smallest absolute Gasteiger partial charge is 0.0106 e. The number of hydrogen-bond donors (Lipinski definition) is 0. The Morgan fingerprint density at radius 3 is 1.61 bits per heavy atom. The predicted molar refractivity (Wildman–Crippen MR) is 91.2 cm³/mol. The van der Waals surface area contributed by atoms with Crippen molar-refractivity contribution in [3.8, 4) is 0 Å². The Morgan fingerprint density at radius 1 is 1.00 bits per heavy atom. The molecular formula is C18H38. The summed E-state index contributed by atoms with van der Waals surface area (Å²) in [5.41, 5.74) is 1.56. The van der Waals surface area contributed by atoms with Gasteiger partial charge in [-0.15, -0.1) is 0 Å². The fourth-order valence-electron chi connectivity index (χ4n) is 0.974. The number of allylic oxidation sites excluding steroid dienone is 5. The third-order valence-electron chi connectivity index (χ3n) is 2.35. The van der Waals surface area contributed by atoms with Crippen LogP contribution in [0.5, 0.6) is 0 Å². The van der Waals surface area contributed by atoms with Crippen molar-refractivity contribution in [3.05, 3.63) is 36.5 Å². The van der Waals surface area contributed by atoms with Crippen LogP contribution in [0, 0.1) is 5.41 Å². The van der Waals surface area contributed by atoms with E-state index in [1.54, 1.807) is 0 Å². The van der Waals surface area contributed by atoms with Crippen LogP contribution in [-0.4, -0.2) is 0 Å². The molecule has 0 heteroatoms. The first-order chi connectivity index (χ1) is 8.58. The van der Waals surface area contributed by atoms with Crippen molar-refractivity contribution in [2.75, 3.05) is 0 Å². The minimum atomic E-state index is 0.251. The van der Waals surface area contributed by atoms with Crippen molar-refractivity contribution in [2.24, 2.45) is 5.41 Å². The molecule has 0 aliphatic carbocycles. The second kappa shape index (κ2) is 21.5. The zero-order valence-electron chi connectivity index (χ0n) is 14.7. The molecule has 0 spiro atoms. The second-order valence-electron chi connectivity index (χ2n) is 3.59. The van der Waals surface area contributed by atoms with E-state index in [4.69, 9.17) is 0 Å². The molecule has 18 heavy (non-hydrogen) atoms. The van der Waals surface area contributed by atoms with E-state index in [-0.39, 0.29) is 5.41 Å². The fraction of sp³-hybridized carbons (Fsp3) is 0.667. The van der Waals surface area contributed by atoms with Crippen LogP contribution in [0.2, 0.25) is 0 Å². The van der Waals surface area contributed by atoms with Gasteiger partial charge in [-0.05, 0) is 24.3 Å². The van der Waals surface area contributed by atoms with E-state index in [1.807, 2.05) is 60.6 Å². The lowest BCUT2D eigenvalue weighted by molar-refractivity contribution is 0.440. The van der Waals surface area contributed by atoms with Crippen LogP contribution in [-0.2, 0) is 0 Å². The Kier molecular flexibility index (Phi) is 31.0. The molecular weight excluding hydrogens is 216 g/mol. The molecule has 110 valence electrons. The Morgan fingerprint density at radius 2 is 1.39 bits per heavy atom. The molecule has 0 aromatic heterocycles. The molecule has 0 fully saturated rings. The van der Waals surface area contributed by atoms with Crippen molar-refractivity contribution in [3.63, 3.8) is 0 Å². The molecule has 0 saturated carbocycles. The van der Waals surface area contributed by atoms with Gasteiger partial charge >= 0.3 is 0 Å². The third kappa shape index (κ3) is 15.2. The molecule has 0 unspecified atom stereocenters. The first-order valence-electron chi connectivity index (χ1n) is 7.54. The van der Waals surface area contributed by atoms with Crippen LogP contribution in [0.15, 0.2) is 36.5 Å². The van der Waals surface area contributed by atoms with Gasteiger partial charge in [-0.2, -0.15) is 0 Å². The lowest BCUT2D eigenvalue weighted by Crippen LogP contribution is -2.11. The molecule has 0 nitrogen and oxygen atoms in total. The van der Waals surface area contributed by atoms with Gasteiger partial charge in [-0.25, -0.2) is 0 Å². The van der Waals surface area contributed by atoms with Crippen molar-refractivity contribution in [1.29, 1.82) is 0 Å². The minimum absolute atomic E-state index is 0.251. The normalized spacial score (nSPS) is 10.2. The van der Waals surface area contributed by atoms with Crippen molar-refractivity contribution in [2.45, 2.75) is 75.7 Å². The van der Waals surface area contributed by atoms with Crippen molar-refractivity contribution in [1.82, 2.24) is 0 Å². The summed E-state index contributed by atoms with van der Waals surface area (Å²) < 4.78 is 0. The first kappa shape index (κ1) is 25.9. The maximum absolute atomic E-state index is 3.83. The molecule has 0 aliphatic heterocycles. The topological polar surface area (TPSA) is 0 Å². The van der Waals surface area contributed by atoms with Gasteiger partial charge in [0.25, 0.3) is 0 Å². The van der Waals surface area contributed by atoms with E-state index in [0.29, 0.717) is 0 Å². The monoisotopic (exact) mass is 254 g/mol. The first-order valence-corrected chi connectivity index (χ1v) is 7.54. The molecule has 0 aromatic carbocycles. The maximum atomic E-state index is 3.83. The Labute approximate surface area is 118 Å².